The van der Waals surface area contributed by atoms with Gasteiger partial charge in [0.25, 0.3) is 0 Å². The van der Waals surface area contributed by atoms with E-state index in [-0.39, 0.29) is 0 Å². The minimum atomic E-state index is 0.290. The van der Waals surface area contributed by atoms with Gasteiger partial charge >= 0.3 is 0 Å². The minimum absolute atomic E-state index is 0.290. The monoisotopic (exact) mass is 206 g/mol. The van der Waals surface area contributed by atoms with Crippen molar-refractivity contribution in [3.8, 4) is 0 Å². The maximum Gasteiger partial charge on any atom is 0.151 e. The van der Waals surface area contributed by atoms with Crippen molar-refractivity contribution in [1.82, 2.24) is 9.88 Å². The first-order valence-electron chi connectivity index (χ1n) is 5.13. The van der Waals surface area contributed by atoms with Crippen molar-refractivity contribution in [3.63, 3.8) is 0 Å². The van der Waals surface area contributed by atoms with E-state index in [1.165, 1.54) is 0 Å². The van der Waals surface area contributed by atoms with E-state index in [1.54, 1.807) is 0 Å². The second kappa shape index (κ2) is 5.03. The zero-order valence-electron chi connectivity index (χ0n) is 9.82. The summed E-state index contributed by atoms with van der Waals surface area (Å²) in [5.74, 6) is 0.290. The SMILES string of the molecule is CC(C)c1ncc(CN(C)C)cc1C=O. The summed E-state index contributed by atoms with van der Waals surface area (Å²) in [6.07, 6.45) is 2.74. The van der Waals surface area contributed by atoms with E-state index in [0.29, 0.717) is 11.5 Å². The quantitative estimate of drug-likeness (QED) is 0.707. The molecule has 3 heteroatoms. The molecule has 0 saturated heterocycles. The summed E-state index contributed by atoms with van der Waals surface area (Å²) in [7, 11) is 3.99. The van der Waals surface area contributed by atoms with Crippen molar-refractivity contribution < 1.29 is 4.79 Å². The van der Waals surface area contributed by atoms with E-state index in [9.17, 15) is 4.79 Å². The first kappa shape index (κ1) is 11.9. The molecule has 0 saturated carbocycles. The van der Waals surface area contributed by atoms with E-state index >= 15 is 0 Å². The third-order valence-electron chi connectivity index (χ3n) is 2.18. The third-order valence-corrected chi connectivity index (χ3v) is 2.18. The lowest BCUT2D eigenvalue weighted by atomic mass is 10.0. The number of nitrogens with zero attached hydrogens (tertiary/aromatic N) is 2. The minimum Gasteiger partial charge on any atom is -0.305 e. The molecule has 0 aliphatic carbocycles. The zero-order valence-corrected chi connectivity index (χ0v) is 9.82. The smallest absolute Gasteiger partial charge is 0.151 e. The molecule has 15 heavy (non-hydrogen) atoms. The van der Waals surface area contributed by atoms with Crippen LogP contribution in [0.15, 0.2) is 12.3 Å². The normalized spacial score (nSPS) is 11.1. The molecule has 1 aromatic rings. The van der Waals surface area contributed by atoms with Gasteiger partial charge in [-0.15, -0.1) is 0 Å². The van der Waals surface area contributed by atoms with Crippen molar-refractivity contribution in [2.75, 3.05) is 14.1 Å². The lowest BCUT2D eigenvalue weighted by Gasteiger charge is -2.12. The number of rotatable bonds is 4. The van der Waals surface area contributed by atoms with Gasteiger partial charge in [-0.2, -0.15) is 0 Å². The highest BCUT2D eigenvalue weighted by atomic mass is 16.1. The van der Waals surface area contributed by atoms with E-state index in [4.69, 9.17) is 0 Å². The fourth-order valence-electron chi connectivity index (χ4n) is 1.57. The van der Waals surface area contributed by atoms with Crippen LogP contribution in [-0.4, -0.2) is 30.3 Å². The van der Waals surface area contributed by atoms with Gasteiger partial charge in [0.1, 0.15) is 0 Å². The van der Waals surface area contributed by atoms with Gasteiger partial charge in [0, 0.05) is 18.3 Å². The number of pyridine rings is 1. The van der Waals surface area contributed by atoms with E-state index in [2.05, 4.69) is 9.88 Å². The number of hydrogen-bond acceptors (Lipinski definition) is 3. The van der Waals surface area contributed by atoms with Gasteiger partial charge in [0.05, 0.1) is 5.69 Å². The van der Waals surface area contributed by atoms with Crippen molar-refractivity contribution in [2.24, 2.45) is 0 Å². The zero-order chi connectivity index (χ0) is 11.4. The van der Waals surface area contributed by atoms with Crippen LogP contribution in [0.25, 0.3) is 0 Å². The Kier molecular flexibility index (Phi) is 3.97. The summed E-state index contributed by atoms with van der Waals surface area (Å²) in [6.45, 7) is 4.90. The number of aromatic nitrogens is 1. The molecular formula is C12H18N2O. The lowest BCUT2D eigenvalue weighted by molar-refractivity contribution is 0.112. The molecule has 1 rings (SSSR count). The molecule has 0 aliphatic rings. The predicted octanol–water partition coefficient (Wildman–Crippen LogP) is 2.08. The summed E-state index contributed by atoms with van der Waals surface area (Å²) < 4.78 is 0. The Hall–Kier alpha value is -1.22. The van der Waals surface area contributed by atoms with Crippen LogP contribution in [0.2, 0.25) is 0 Å². The highest BCUT2D eigenvalue weighted by molar-refractivity contribution is 5.77. The van der Waals surface area contributed by atoms with Gasteiger partial charge < -0.3 is 4.90 Å². The number of carbonyl (C=O) groups excluding carboxylic acids is 1. The Labute approximate surface area is 91.1 Å². The molecule has 0 amide bonds. The second-order valence-corrected chi connectivity index (χ2v) is 4.33. The molecule has 0 radical (unpaired) electrons. The van der Waals surface area contributed by atoms with Gasteiger partial charge in [0.2, 0.25) is 0 Å². The maximum atomic E-state index is 10.9. The van der Waals surface area contributed by atoms with Crippen molar-refractivity contribution >= 4 is 6.29 Å². The predicted molar refractivity (Wildman–Crippen MR) is 61.1 cm³/mol. The number of hydrogen-bond donors (Lipinski definition) is 0. The lowest BCUT2D eigenvalue weighted by Crippen LogP contribution is -2.12. The molecule has 0 aliphatic heterocycles. The Morgan fingerprint density at radius 3 is 2.60 bits per heavy atom. The molecule has 0 atom stereocenters. The van der Waals surface area contributed by atoms with Crippen molar-refractivity contribution in [1.29, 1.82) is 0 Å². The molecule has 3 nitrogen and oxygen atoms in total. The molecule has 1 heterocycles. The van der Waals surface area contributed by atoms with Crippen LogP contribution in [0.4, 0.5) is 0 Å². The molecule has 0 unspecified atom stereocenters. The van der Waals surface area contributed by atoms with Crippen molar-refractivity contribution in [2.45, 2.75) is 26.3 Å². The van der Waals surface area contributed by atoms with Gasteiger partial charge in [0.15, 0.2) is 6.29 Å². The Morgan fingerprint density at radius 2 is 2.13 bits per heavy atom. The second-order valence-electron chi connectivity index (χ2n) is 4.33. The van der Waals surface area contributed by atoms with Crippen LogP contribution in [0, 0.1) is 0 Å². The molecule has 1 aromatic heterocycles. The molecule has 0 N–H and O–H groups in total. The summed E-state index contributed by atoms with van der Waals surface area (Å²) in [5.41, 5.74) is 2.67. The van der Waals surface area contributed by atoms with Gasteiger partial charge in [-0.1, -0.05) is 13.8 Å². The first-order valence-corrected chi connectivity index (χ1v) is 5.13. The summed E-state index contributed by atoms with van der Waals surface area (Å²) >= 11 is 0. The highest BCUT2D eigenvalue weighted by Gasteiger charge is 2.08. The summed E-state index contributed by atoms with van der Waals surface area (Å²) in [4.78, 5) is 17.3. The van der Waals surface area contributed by atoms with Crippen LogP contribution in [0.3, 0.4) is 0 Å². The van der Waals surface area contributed by atoms with E-state index < -0.39 is 0 Å². The van der Waals surface area contributed by atoms with Gasteiger partial charge in [-0.05, 0) is 31.6 Å². The molecule has 82 valence electrons. The Bertz CT molecular complexity index is 345. The topological polar surface area (TPSA) is 33.2 Å². The summed E-state index contributed by atoms with van der Waals surface area (Å²) in [6, 6.07) is 1.93. The van der Waals surface area contributed by atoms with Crippen LogP contribution < -0.4 is 0 Å². The van der Waals surface area contributed by atoms with Gasteiger partial charge in [-0.3, -0.25) is 9.78 Å². The number of aldehydes is 1. The van der Waals surface area contributed by atoms with Crippen LogP contribution in [0.1, 0.15) is 41.4 Å². The Balaban J connectivity index is 3.02. The maximum absolute atomic E-state index is 10.9. The molecule has 0 fully saturated rings. The average Bonchev–Trinajstić information content (AvgIpc) is 2.16. The van der Waals surface area contributed by atoms with Crippen LogP contribution in [-0.2, 0) is 6.54 Å². The molecular weight excluding hydrogens is 188 g/mol. The first-order chi connectivity index (χ1) is 7.04. The largest absolute Gasteiger partial charge is 0.305 e. The molecule has 0 spiro atoms. The molecule has 0 aromatic carbocycles. The van der Waals surface area contributed by atoms with Crippen LogP contribution >= 0.6 is 0 Å². The third kappa shape index (κ3) is 3.13. The highest BCUT2D eigenvalue weighted by Crippen LogP contribution is 2.16. The van der Waals surface area contributed by atoms with Crippen molar-refractivity contribution in [3.05, 3.63) is 29.1 Å². The van der Waals surface area contributed by atoms with E-state index in [0.717, 1.165) is 24.1 Å². The summed E-state index contributed by atoms with van der Waals surface area (Å²) in [5, 5.41) is 0. The van der Waals surface area contributed by atoms with Gasteiger partial charge in [-0.25, -0.2) is 0 Å². The number of carbonyl (C=O) groups is 1. The standard InChI is InChI=1S/C12H18N2O/c1-9(2)12-11(8-15)5-10(6-13-12)7-14(3)4/h5-6,8-9H,7H2,1-4H3. The fourth-order valence-corrected chi connectivity index (χ4v) is 1.57. The Morgan fingerprint density at radius 1 is 1.47 bits per heavy atom. The van der Waals surface area contributed by atoms with Crippen LogP contribution in [0.5, 0.6) is 0 Å². The van der Waals surface area contributed by atoms with E-state index in [1.807, 2.05) is 40.2 Å². The molecule has 0 bridgehead atoms. The fraction of sp³-hybridized carbons (Fsp3) is 0.500. The average molecular weight is 206 g/mol.